The summed E-state index contributed by atoms with van der Waals surface area (Å²) < 4.78 is 24.2. The Kier molecular flexibility index (Phi) is 33.5. The molecule has 8 aromatic heterocycles. The fraction of sp³-hybridized carbons (Fsp3) is 0.386. The maximum absolute atomic E-state index is 12.5. The number of carbonyl (C=O) groups is 2. The molecular formula is C114H128O6S8. The Hall–Kier alpha value is -8.54. The highest BCUT2D eigenvalue weighted by Crippen LogP contribution is 2.65. The molecule has 2 aliphatic rings. The quantitative estimate of drug-likeness (QED) is 0.0280. The monoisotopic (exact) mass is 1850 g/mol. The normalized spacial score (nSPS) is 12.7. The summed E-state index contributed by atoms with van der Waals surface area (Å²) in [6, 6.07) is 70.8. The first-order valence-corrected chi connectivity index (χ1v) is 54.7. The van der Waals surface area contributed by atoms with Crippen LogP contribution in [0.1, 0.15) is 308 Å². The average molecular weight is 1850 g/mol. The molecule has 0 atom stereocenters. The van der Waals surface area contributed by atoms with Gasteiger partial charge in [0.15, 0.2) is 0 Å². The second-order valence-corrected chi connectivity index (χ2v) is 42.7. The van der Waals surface area contributed by atoms with Crippen molar-refractivity contribution in [3.63, 3.8) is 0 Å². The van der Waals surface area contributed by atoms with Crippen molar-refractivity contribution in [3.8, 4) is 92.3 Å². The van der Waals surface area contributed by atoms with Gasteiger partial charge in [-0.3, -0.25) is 0 Å². The number of hydrogen-bond acceptors (Lipinski definition) is 14. The molecule has 128 heavy (non-hydrogen) atoms. The third-order valence-electron chi connectivity index (χ3n) is 25.9. The Morgan fingerprint density at radius 2 is 0.578 bits per heavy atom. The van der Waals surface area contributed by atoms with Crippen molar-refractivity contribution in [2.75, 3.05) is 26.4 Å². The molecule has 14 aromatic rings. The van der Waals surface area contributed by atoms with E-state index in [1.807, 2.05) is 82.1 Å². The predicted molar refractivity (Wildman–Crippen MR) is 555 cm³/mol. The molecule has 668 valence electrons. The van der Waals surface area contributed by atoms with Crippen LogP contribution < -0.4 is 9.47 Å². The van der Waals surface area contributed by atoms with Crippen LogP contribution in [-0.2, 0) is 46.0 Å². The van der Waals surface area contributed by atoms with E-state index in [-0.39, 0.29) is 11.9 Å². The zero-order valence-electron chi connectivity index (χ0n) is 77.0. The van der Waals surface area contributed by atoms with E-state index in [0.29, 0.717) is 37.6 Å². The Morgan fingerprint density at radius 1 is 0.273 bits per heavy atom. The van der Waals surface area contributed by atoms with Crippen LogP contribution >= 0.6 is 90.7 Å². The maximum atomic E-state index is 12.5. The highest BCUT2D eigenvalue weighted by molar-refractivity contribution is 7.25. The van der Waals surface area contributed by atoms with Gasteiger partial charge in [-0.2, -0.15) is 0 Å². The Labute approximate surface area is 795 Å². The summed E-state index contributed by atoms with van der Waals surface area (Å²) in [5.74, 6) is 1.28. The number of unbranched alkanes of at least 4 members (excludes halogenated alkanes) is 18. The van der Waals surface area contributed by atoms with Gasteiger partial charge in [-0.1, -0.05) is 254 Å². The number of fused-ring (bicyclic) bond motifs is 6. The average Bonchev–Trinajstić information content (AvgIpc) is 1.52. The number of aryl methyl sites for hydroxylation is 6. The molecule has 0 N–H and O–H groups in total. The molecule has 6 aromatic carbocycles. The molecule has 0 radical (unpaired) electrons. The Bertz CT molecular complexity index is 5810. The highest BCUT2D eigenvalue weighted by Gasteiger charge is 2.50. The zero-order valence-corrected chi connectivity index (χ0v) is 83.5. The van der Waals surface area contributed by atoms with Crippen LogP contribution in [0.3, 0.4) is 0 Å². The highest BCUT2D eigenvalue weighted by atomic mass is 32.1. The lowest BCUT2D eigenvalue weighted by molar-refractivity contribution is 0.0518. The summed E-state index contributed by atoms with van der Waals surface area (Å²) in [6.07, 6.45) is 34.2. The summed E-state index contributed by atoms with van der Waals surface area (Å²) in [7, 11) is 0. The van der Waals surface area contributed by atoms with Crippen molar-refractivity contribution >= 4 is 103 Å². The Morgan fingerprint density at radius 3 is 0.930 bits per heavy atom. The van der Waals surface area contributed by atoms with Crippen LogP contribution in [0.15, 0.2) is 204 Å². The fourth-order valence-corrected chi connectivity index (χ4v) is 27.9. The predicted octanol–water partition coefficient (Wildman–Crippen LogP) is 36.0. The van der Waals surface area contributed by atoms with Gasteiger partial charge in [0.05, 0.1) is 67.9 Å². The maximum Gasteiger partial charge on any atom is 0.339 e. The molecule has 16 rings (SSSR count). The topological polar surface area (TPSA) is 71.1 Å². The first-order chi connectivity index (χ1) is 62.8. The fourth-order valence-electron chi connectivity index (χ4n) is 19.0. The van der Waals surface area contributed by atoms with Gasteiger partial charge in [0.1, 0.15) is 11.5 Å². The summed E-state index contributed by atoms with van der Waals surface area (Å²) >= 11 is 14.2. The largest absolute Gasteiger partial charge is 0.493 e. The molecule has 0 fully saturated rings. The molecular weight excluding hydrogens is 1720 g/mol. The lowest BCUT2D eigenvalue weighted by Gasteiger charge is -2.33. The van der Waals surface area contributed by atoms with Crippen molar-refractivity contribution in [3.05, 3.63) is 293 Å². The number of rotatable bonds is 46. The van der Waals surface area contributed by atoms with E-state index in [1.165, 1.54) is 248 Å². The van der Waals surface area contributed by atoms with Crippen LogP contribution in [0.5, 0.6) is 11.5 Å². The van der Waals surface area contributed by atoms with Gasteiger partial charge >= 0.3 is 11.9 Å². The molecule has 0 aliphatic heterocycles. The summed E-state index contributed by atoms with van der Waals surface area (Å²) in [6.45, 7) is 23.9. The molecule has 0 bridgehead atoms. The molecule has 2 aliphatic carbocycles. The number of benzene rings is 6. The number of esters is 2. The minimum absolute atomic E-state index is 0.287. The van der Waals surface area contributed by atoms with Crippen LogP contribution in [0.2, 0.25) is 0 Å². The third-order valence-corrected chi connectivity index (χ3v) is 34.8. The molecule has 0 amide bonds. The van der Waals surface area contributed by atoms with Crippen molar-refractivity contribution in [2.45, 2.75) is 260 Å². The van der Waals surface area contributed by atoms with Crippen LogP contribution in [-0.4, -0.2) is 38.4 Å². The molecule has 0 unspecified atom stereocenters. The SMILES string of the molecule is CCCCCCOc1cc(-c2cc3c(s2)-c2sccc2C3(c2ccc(CCCCCC)cc2)c2ccc(CCCCCC)cc2)c(C)cc1-c1cc2c(s1)-c1sccc1C2(c1ccc(CCCCCC)cc1)c1ccc(CCCCCC)cc1.CCCCCCOc1cc(-c2ccc(-c3sccc3C(=O)OCC)s2)c(C)cc1-c1ccc(-c2sccc2C(=O)OCC)s1. The third kappa shape index (κ3) is 20.7. The van der Waals surface area contributed by atoms with Gasteiger partial charge in [-0.15, -0.1) is 90.7 Å². The zero-order chi connectivity index (χ0) is 88.9. The summed E-state index contributed by atoms with van der Waals surface area (Å²) in [5.41, 5.74) is 24.4. The van der Waals surface area contributed by atoms with E-state index < -0.39 is 10.8 Å². The van der Waals surface area contributed by atoms with Crippen molar-refractivity contribution in [2.24, 2.45) is 0 Å². The number of hydrogen-bond donors (Lipinski definition) is 0. The van der Waals surface area contributed by atoms with E-state index in [0.717, 1.165) is 102 Å². The first-order valence-electron chi connectivity index (χ1n) is 47.9. The van der Waals surface area contributed by atoms with Crippen molar-refractivity contribution < 1.29 is 28.5 Å². The van der Waals surface area contributed by atoms with Gasteiger partial charge < -0.3 is 18.9 Å². The van der Waals surface area contributed by atoms with E-state index in [1.54, 1.807) is 45.3 Å². The van der Waals surface area contributed by atoms with Gasteiger partial charge in [0.25, 0.3) is 0 Å². The van der Waals surface area contributed by atoms with Crippen LogP contribution in [0.4, 0.5) is 0 Å². The Balaban J connectivity index is 0.000000240. The molecule has 0 saturated heterocycles. The standard InChI is InChI=1S/C79H92OS4.C35H36O5S4/c1-7-12-17-22-27-57-31-39-61(40-32-57)78(62-41-33-58(34-42-62)28-23-18-13-8-2)67-47-50-81-74(67)76-69(78)54-72(83-76)65-53-71(80-49-26-21-16-11-5)66(52-56(65)6)73-55-70-77(84-73)75-68(48-51-82-75)79(70,63-43-35-59(36-44-63)29-24-19-14-9-3)64-45-37-60(38-46-64)30-25-20-15-10-4;1-5-8-9-10-17-40-27-21-25(28-11-13-30(43-28)32-23(15-18-41-32)34(36)38-6-2)22(4)20-26(27)29-12-14-31(44-29)33-24(16-19-42-33)35(37)39-7-3/h31-48,50-55H,7-30,49H2,1-6H3;11-16,18-21H,5-10,17H2,1-4H3. The van der Waals surface area contributed by atoms with E-state index in [4.69, 9.17) is 18.9 Å². The van der Waals surface area contributed by atoms with Crippen molar-refractivity contribution in [1.82, 2.24) is 0 Å². The molecule has 8 heterocycles. The first kappa shape index (κ1) is 94.1. The van der Waals surface area contributed by atoms with Crippen LogP contribution in [0.25, 0.3) is 80.8 Å². The second kappa shape index (κ2) is 45.5. The summed E-state index contributed by atoms with van der Waals surface area (Å²) in [4.78, 5) is 39.5. The smallest absolute Gasteiger partial charge is 0.339 e. The molecule has 6 nitrogen and oxygen atoms in total. The van der Waals surface area contributed by atoms with Crippen LogP contribution in [0, 0.1) is 13.8 Å². The van der Waals surface area contributed by atoms with Gasteiger partial charge in [0, 0.05) is 50.1 Å². The second-order valence-electron chi connectivity index (χ2n) is 34.8. The van der Waals surface area contributed by atoms with E-state index >= 15 is 0 Å². The lowest BCUT2D eigenvalue weighted by Crippen LogP contribution is -2.28. The number of thiophene rings is 8. The van der Waals surface area contributed by atoms with Gasteiger partial charge in [0.2, 0.25) is 0 Å². The summed E-state index contributed by atoms with van der Waals surface area (Å²) in [5, 5.41) is 8.56. The van der Waals surface area contributed by atoms with E-state index in [9.17, 15) is 9.59 Å². The van der Waals surface area contributed by atoms with Crippen molar-refractivity contribution in [1.29, 1.82) is 0 Å². The lowest BCUT2D eigenvalue weighted by atomic mass is 9.68. The number of carbonyl (C=O) groups excluding carboxylic acids is 2. The molecule has 14 heteroatoms. The van der Waals surface area contributed by atoms with Gasteiger partial charge in [-0.05, 0) is 287 Å². The van der Waals surface area contributed by atoms with E-state index in [2.05, 4.69) is 236 Å². The minimum Gasteiger partial charge on any atom is -0.493 e. The molecule has 0 spiro atoms. The van der Waals surface area contributed by atoms with Gasteiger partial charge in [-0.25, -0.2) is 9.59 Å². The number of ether oxygens (including phenoxy) is 4. The molecule has 0 saturated carbocycles. The minimum atomic E-state index is -0.425.